The van der Waals surface area contributed by atoms with E-state index >= 15 is 0 Å². The fraction of sp³-hybridized carbons (Fsp3) is 0.381. The second-order valence-electron chi connectivity index (χ2n) is 6.60. The zero-order chi connectivity index (χ0) is 21.3. The minimum absolute atomic E-state index is 0. The first-order valence-electron chi connectivity index (χ1n) is 9.52. The molecular weight excluding hydrogens is 515 g/mol. The molecular formula is C21H31IN4O3S. The molecule has 2 aromatic carbocycles. The van der Waals surface area contributed by atoms with Gasteiger partial charge in [-0.25, -0.2) is 13.1 Å². The van der Waals surface area contributed by atoms with Gasteiger partial charge in [0.15, 0.2) is 5.96 Å². The first-order chi connectivity index (χ1) is 13.9. The van der Waals surface area contributed by atoms with Crippen molar-refractivity contribution in [1.82, 2.24) is 15.4 Å². The lowest BCUT2D eigenvalue weighted by atomic mass is 10.1. The van der Waals surface area contributed by atoms with Crippen molar-refractivity contribution in [3.05, 3.63) is 64.7 Å². The van der Waals surface area contributed by atoms with E-state index in [9.17, 15) is 8.42 Å². The molecule has 0 atom stereocenters. The first-order valence-corrected chi connectivity index (χ1v) is 11.2. The van der Waals surface area contributed by atoms with Crippen LogP contribution >= 0.6 is 24.0 Å². The van der Waals surface area contributed by atoms with E-state index < -0.39 is 10.0 Å². The van der Waals surface area contributed by atoms with E-state index in [0.29, 0.717) is 25.7 Å². The monoisotopic (exact) mass is 546 g/mol. The highest BCUT2D eigenvalue weighted by Crippen LogP contribution is 2.20. The molecule has 0 unspecified atom stereocenters. The molecule has 0 aliphatic rings. The number of guanidine groups is 1. The van der Waals surface area contributed by atoms with Crippen molar-refractivity contribution < 1.29 is 13.2 Å². The molecule has 0 aliphatic carbocycles. The lowest BCUT2D eigenvalue weighted by molar-refractivity contribution is 0.336. The van der Waals surface area contributed by atoms with Gasteiger partial charge in [-0.3, -0.25) is 4.99 Å². The quantitative estimate of drug-likeness (QED) is 0.256. The minimum Gasteiger partial charge on any atom is -0.494 e. The van der Waals surface area contributed by atoms with Gasteiger partial charge in [-0.1, -0.05) is 36.4 Å². The van der Waals surface area contributed by atoms with Gasteiger partial charge in [0.05, 0.1) is 12.4 Å². The number of rotatable bonds is 9. The Kier molecular flexibility index (Phi) is 11.1. The van der Waals surface area contributed by atoms with Crippen molar-refractivity contribution in [1.29, 1.82) is 0 Å². The van der Waals surface area contributed by atoms with Gasteiger partial charge in [0, 0.05) is 25.7 Å². The summed E-state index contributed by atoms with van der Waals surface area (Å²) >= 11 is 0. The topological polar surface area (TPSA) is 91.8 Å². The Hall–Kier alpha value is -1.85. The zero-order valence-corrected chi connectivity index (χ0v) is 21.0. The molecule has 9 heteroatoms. The molecule has 0 saturated heterocycles. The molecule has 0 amide bonds. The third-order valence-electron chi connectivity index (χ3n) is 4.34. The van der Waals surface area contributed by atoms with Gasteiger partial charge in [-0.05, 0) is 43.7 Å². The van der Waals surface area contributed by atoms with Crippen molar-refractivity contribution in [2.45, 2.75) is 32.7 Å². The van der Waals surface area contributed by atoms with Crippen LogP contribution in [0, 0.1) is 6.92 Å². The Morgan fingerprint density at radius 2 is 1.67 bits per heavy atom. The molecule has 2 rings (SSSR count). The van der Waals surface area contributed by atoms with Gasteiger partial charge in [0.2, 0.25) is 10.0 Å². The summed E-state index contributed by atoms with van der Waals surface area (Å²) < 4.78 is 31.3. The van der Waals surface area contributed by atoms with Crippen molar-refractivity contribution >= 4 is 40.0 Å². The maximum absolute atomic E-state index is 11.6. The van der Waals surface area contributed by atoms with Crippen molar-refractivity contribution in [3.63, 3.8) is 0 Å². The molecule has 3 N–H and O–H groups in total. The largest absolute Gasteiger partial charge is 0.494 e. The highest BCUT2D eigenvalue weighted by Gasteiger charge is 2.09. The standard InChI is InChI=1S/C21H30N4O3S.HI/c1-5-28-20-12-16(2)6-11-19(20)14-25-21(22-3)24-13-17-7-9-18(10-8-17)15-29(26,27)23-4;/h6-12,23H,5,13-15H2,1-4H3,(H2,22,24,25);1H. The summed E-state index contributed by atoms with van der Waals surface area (Å²) in [6.45, 7) is 5.80. The summed E-state index contributed by atoms with van der Waals surface area (Å²) in [6.07, 6.45) is 0. The average molecular weight is 546 g/mol. The molecule has 30 heavy (non-hydrogen) atoms. The molecule has 0 bridgehead atoms. The maximum atomic E-state index is 11.6. The summed E-state index contributed by atoms with van der Waals surface area (Å²) in [5.41, 5.74) is 4.00. The summed E-state index contributed by atoms with van der Waals surface area (Å²) in [5, 5.41) is 6.56. The average Bonchev–Trinajstić information content (AvgIpc) is 2.70. The molecule has 0 heterocycles. The van der Waals surface area contributed by atoms with E-state index in [1.54, 1.807) is 7.05 Å². The highest BCUT2D eigenvalue weighted by atomic mass is 127. The van der Waals surface area contributed by atoms with Crippen LogP contribution in [0.15, 0.2) is 47.5 Å². The Labute approximate surface area is 196 Å². The number of hydrogen-bond donors (Lipinski definition) is 3. The van der Waals surface area contributed by atoms with Gasteiger partial charge in [-0.2, -0.15) is 0 Å². The third kappa shape index (κ3) is 8.49. The number of aryl methyl sites for hydroxylation is 1. The zero-order valence-electron chi connectivity index (χ0n) is 17.9. The number of aliphatic imine (C=N–C) groups is 1. The van der Waals surface area contributed by atoms with E-state index in [1.165, 1.54) is 7.05 Å². The van der Waals surface area contributed by atoms with Gasteiger partial charge < -0.3 is 15.4 Å². The highest BCUT2D eigenvalue weighted by molar-refractivity contribution is 14.0. The van der Waals surface area contributed by atoms with Crippen LogP contribution in [0.1, 0.15) is 29.2 Å². The Morgan fingerprint density at radius 1 is 1.03 bits per heavy atom. The van der Waals surface area contributed by atoms with Crippen LogP contribution in [0.25, 0.3) is 0 Å². The predicted molar refractivity (Wildman–Crippen MR) is 133 cm³/mol. The first kappa shape index (κ1) is 26.2. The van der Waals surface area contributed by atoms with Crippen molar-refractivity contribution in [3.8, 4) is 5.75 Å². The van der Waals surface area contributed by atoms with Crippen LogP contribution in [0.5, 0.6) is 5.75 Å². The third-order valence-corrected chi connectivity index (χ3v) is 5.68. The normalized spacial score (nSPS) is 11.5. The Morgan fingerprint density at radius 3 is 2.27 bits per heavy atom. The van der Waals surface area contributed by atoms with Gasteiger partial charge in [0.1, 0.15) is 5.75 Å². The van der Waals surface area contributed by atoms with E-state index in [2.05, 4.69) is 32.5 Å². The van der Waals surface area contributed by atoms with E-state index in [0.717, 1.165) is 28.0 Å². The second kappa shape index (κ2) is 12.8. The SMILES string of the molecule is CCOc1cc(C)ccc1CNC(=NC)NCc1ccc(CS(=O)(=O)NC)cc1.I. The smallest absolute Gasteiger partial charge is 0.215 e. The van der Waals surface area contributed by atoms with Crippen LogP contribution in [0.2, 0.25) is 0 Å². The second-order valence-corrected chi connectivity index (χ2v) is 8.53. The van der Waals surface area contributed by atoms with E-state index in [-0.39, 0.29) is 29.7 Å². The maximum Gasteiger partial charge on any atom is 0.215 e. The predicted octanol–water partition coefficient (Wildman–Crippen LogP) is 2.93. The molecule has 166 valence electrons. The number of halogens is 1. The number of benzene rings is 2. The molecule has 2 aromatic rings. The minimum atomic E-state index is -3.26. The summed E-state index contributed by atoms with van der Waals surface area (Å²) in [5.74, 6) is 1.52. The lowest BCUT2D eigenvalue weighted by Gasteiger charge is -2.15. The molecule has 0 aromatic heterocycles. The van der Waals surface area contributed by atoms with Crippen LogP contribution < -0.4 is 20.1 Å². The molecule has 0 spiro atoms. The number of nitrogens with zero attached hydrogens (tertiary/aromatic N) is 1. The number of nitrogens with one attached hydrogen (secondary N) is 3. The molecule has 0 radical (unpaired) electrons. The van der Waals surface area contributed by atoms with Crippen molar-refractivity contribution in [2.75, 3.05) is 20.7 Å². The molecule has 0 fully saturated rings. The number of hydrogen-bond acceptors (Lipinski definition) is 4. The van der Waals surface area contributed by atoms with Crippen LogP contribution in [-0.4, -0.2) is 35.1 Å². The summed E-state index contributed by atoms with van der Waals surface area (Å²) in [6, 6.07) is 13.6. The Balaban J connectivity index is 0.00000450. The summed E-state index contributed by atoms with van der Waals surface area (Å²) in [4.78, 5) is 4.25. The van der Waals surface area contributed by atoms with Gasteiger partial charge >= 0.3 is 0 Å². The lowest BCUT2D eigenvalue weighted by Crippen LogP contribution is -2.36. The van der Waals surface area contributed by atoms with E-state index in [1.807, 2.05) is 44.2 Å². The molecule has 0 saturated carbocycles. The van der Waals surface area contributed by atoms with Crippen LogP contribution in [-0.2, 0) is 28.9 Å². The number of ether oxygens (including phenoxy) is 1. The summed E-state index contributed by atoms with van der Waals surface area (Å²) in [7, 11) is -0.126. The van der Waals surface area contributed by atoms with Crippen molar-refractivity contribution in [2.24, 2.45) is 4.99 Å². The Bertz CT molecular complexity index is 932. The van der Waals surface area contributed by atoms with Gasteiger partial charge in [-0.15, -0.1) is 24.0 Å². The van der Waals surface area contributed by atoms with Crippen LogP contribution in [0.4, 0.5) is 0 Å². The number of sulfonamides is 1. The van der Waals surface area contributed by atoms with Crippen LogP contribution in [0.3, 0.4) is 0 Å². The molecule has 0 aliphatic heterocycles. The van der Waals surface area contributed by atoms with Gasteiger partial charge in [0.25, 0.3) is 0 Å². The fourth-order valence-corrected chi connectivity index (χ4v) is 3.50. The molecule has 7 nitrogen and oxygen atoms in total. The fourth-order valence-electron chi connectivity index (χ4n) is 2.73. The van der Waals surface area contributed by atoms with E-state index in [4.69, 9.17) is 4.74 Å².